The summed E-state index contributed by atoms with van der Waals surface area (Å²) in [7, 11) is 0. The van der Waals surface area contributed by atoms with Crippen molar-refractivity contribution in [1.82, 2.24) is 10.2 Å². The molecule has 0 bridgehead atoms. The van der Waals surface area contributed by atoms with Crippen molar-refractivity contribution in [3.63, 3.8) is 0 Å². The molecule has 1 aliphatic carbocycles. The van der Waals surface area contributed by atoms with Crippen molar-refractivity contribution in [2.75, 3.05) is 19.6 Å². The summed E-state index contributed by atoms with van der Waals surface area (Å²) >= 11 is 12.4. The number of carbonyl (C=O) groups is 1. The van der Waals surface area contributed by atoms with Crippen LogP contribution in [0.1, 0.15) is 36.7 Å². The Labute approximate surface area is 212 Å². The maximum absolute atomic E-state index is 13.2. The van der Waals surface area contributed by atoms with Gasteiger partial charge in [-0.3, -0.25) is 4.79 Å². The standard InChI is InChI=1S/C25H25Cl2N3O5/c26-15-5-8-20-14(11-15)12-21(35-20)22(29-33)25(32)28-19(13-30-9-2-10-30)23(31)17-3-1-4-18(27)24(17)34-16-6-7-16/h1,3-5,8,11-12,16,19,23,31,33H,2,6-7,9-10,13H2,(H,28,32)/b29-22+/t19-,23-/m1/s1. The summed E-state index contributed by atoms with van der Waals surface area (Å²) in [5.74, 6) is -0.175. The smallest absolute Gasteiger partial charge is 0.277 e. The van der Waals surface area contributed by atoms with Gasteiger partial charge in [0.2, 0.25) is 5.71 Å². The van der Waals surface area contributed by atoms with E-state index in [4.69, 9.17) is 32.4 Å². The predicted octanol–water partition coefficient (Wildman–Crippen LogP) is 4.38. The number of nitrogens with one attached hydrogen (secondary N) is 1. The maximum atomic E-state index is 13.2. The van der Waals surface area contributed by atoms with Gasteiger partial charge in [-0.2, -0.15) is 0 Å². The van der Waals surface area contributed by atoms with E-state index < -0.39 is 18.1 Å². The molecule has 5 rings (SSSR count). The van der Waals surface area contributed by atoms with Gasteiger partial charge in [0.25, 0.3) is 5.91 Å². The van der Waals surface area contributed by atoms with E-state index in [1.165, 1.54) is 0 Å². The molecule has 184 valence electrons. The zero-order valence-corrected chi connectivity index (χ0v) is 20.3. The number of amides is 1. The molecule has 1 saturated carbocycles. The minimum Gasteiger partial charge on any atom is -0.488 e. The maximum Gasteiger partial charge on any atom is 0.277 e. The quantitative estimate of drug-likeness (QED) is 0.221. The van der Waals surface area contributed by atoms with Gasteiger partial charge in [-0.25, -0.2) is 0 Å². The molecular weight excluding hydrogens is 493 g/mol. The Kier molecular flexibility index (Phi) is 6.88. The number of furan rings is 1. The average Bonchev–Trinajstić information content (AvgIpc) is 3.53. The molecule has 1 aromatic heterocycles. The molecule has 1 amide bonds. The molecule has 35 heavy (non-hydrogen) atoms. The lowest BCUT2D eigenvalue weighted by Crippen LogP contribution is -2.52. The van der Waals surface area contributed by atoms with Crippen molar-refractivity contribution in [2.24, 2.45) is 5.16 Å². The van der Waals surface area contributed by atoms with Crippen LogP contribution in [0.4, 0.5) is 0 Å². The molecule has 2 aromatic carbocycles. The number of oxime groups is 1. The number of aliphatic hydroxyl groups is 1. The Balaban J connectivity index is 1.40. The first-order valence-corrected chi connectivity index (χ1v) is 12.3. The Morgan fingerprint density at radius 3 is 2.71 bits per heavy atom. The number of rotatable bonds is 9. The van der Waals surface area contributed by atoms with Gasteiger partial charge in [-0.05, 0) is 62.7 Å². The molecule has 1 saturated heterocycles. The number of carbonyl (C=O) groups excluding carboxylic acids is 1. The van der Waals surface area contributed by atoms with E-state index in [-0.39, 0.29) is 17.6 Å². The van der Waals surface area contributed by atoms with Crippen molar-refractivity contribution in [3.8, 4) is 5.75 Å². The van der Waals surface area contributed by atoms with Crippen molar-refractivity contribution in [3.05, 3.63) is 63.8 Å². The number of halogens is 2. The van der Waals surface area contributed by atoms with E-state index in [1.807, 2.05) is 0 Å². The van der Waals surface area contributed by atoms with Crippen LogP contribution in [0.5, 0.6) is 5.75 Å². The number of hydrogen-bond acceptors (Lipinski definition) is 7. The van der Waals surface area contributed by atoms with E-state index in [9.17, 15) is 15.1 Å². The van der Waals surface area contributed by atoms with Crippen molar-refractivity contribution < 1.29 is 24.3 Å². The number of likely N-dealkylation sites (tertiary alicyclic amines) is 1. The monoisotopic (exact) mass is 517 g/mol. The third-order valence-electron chi connectivity index (χ3n) is 6.25. The molecule has 2 aliphatic rings. The third-order valence-corrected chi connectivity index (χ3v) is 6.79. The van der Waals surface area contributed by atoms with Gasteiger partial charge < -0.3 is 29.7 Å². The minimum absolute atomic E-state index is 0.0824. The lowest BCUT2D eigenvalue weighted by molar-refractivity contribution is -0.116. The number of para-hydroxylation sites is 1. The zero-order chi connectivity index (χ0) is 24.5. The Hall–Kier alpha value is -2.78. The van der Waals surface area contributed by atoms with Gasteiger partial charge in [0.15, 0.2) is 5.76 Å². The summed E-state index contributed by atoms with van der Waals surface area (Å²) in [6, 6.07) is 11.1. The molecule has 3 aromatic rings. The number of ether oxygens (including phenoxy) is 1. The second-order valence-corrected chi connectivity index (χ2v) is 9.74. The molecule has 1 aliphatic heterocycles. The van der Waals surface area contributed by atoms with Crippen LogP contribution in [0.25, 0.3) is 11.0 Å². The summed E-state index contributed by atoms with van der Waals surface area (Å²) in [5.41, 5.74) is 0.686. The van der Waals surface area contributed by atoms with E-state index in [0.717, 1.165) is 32.4 Å². The number of benzene rings is 2. The number of aliphatic hydroxyl groups excluding tert-OH is 1. The van der Waals surface area contributed by atoms with E-state index >= 15 is 0 Å². The average molecular weight is 518 g/mol. The summed E-state index contributed by atoms with van der Waals surface area (Å²) < 4.78 is 11.7. The van der Waals surface area contributed by atoms with Crippen molar-refractivity contribution in [1.29, 1.82) is 0 Å². The second kappa shape index (κ2) is 10.1. The van der Waals surface area contributed by atoms with Crippen LogP contribution in [0.2, 0.25) is 10.0 Å². The largest absolute Gasteiger partial charge is 0.488 e. The molecule has 2 heterocycles. The zero-order valence-electron chi connectivity index (χ0n) is 18.8. The van der Waals surface area contributed by atoms with Gasteiger partial charge in [0, 0.05) is 22.5 Å². The van der Waals surface area contributed by atoms with Crippen LogP contribution in [0.3, 0.4) is 0 Å². The normalized spacial score (nSPS) is 18.2. The lowest BCUT2D eigenvalue weighted by Gasteiger charge is -2.36. The highest BCUT2D eigenvalue weighted by Gasteiger charge is 2.33. The number of hydrogen-bond donors (Lipinski definition) is 3. The van der Waals surface area contributed by atoms with E-state index in [2.05, 4.69) is 15.4 Å². The molecule has 10 heteroatoms. The first-order valence-electron chi connectivity index (χ1n) is 11.5. The highest BCUT2D eigenvalue weighted by atomic mass is 35.5. The Bertz CT molecular complexity index is 1270. The molecule has 0 unspecified atom stereocenters. The predicted molar refractivity (Wildman–Crippen MR) is 133 cm³/mol. The van der Waals surface area contributed by atoms with E-state index in [0.29, 0.717) is 38.9 Å². The van der Waals surface area contributed by atoms with Crippen molar-refractivity contribution >= 4 is 45.8 Å². The first kappa shape index (κ1) is 23.9. The van der Waals surface area contributed by atoms with Gasteiger partial charge in [-0.15, -0.1) is 0 Å². The molecule has 0 spiro atoms. The van der Waals surface area contributed by atoms with Crippen LogP contribution in [-0.2, 0) is 4.79 Å². The fourth-order valence-electron chi connectivity index (χ4n) is 4.09. The lowest BCUT2D eigenvalue weighted by atomic mass is 9.99. The van der Waals surface area contributed by atoms with Crippen LogP contribution in [0, 0.1) is 0 Å². The topological polar surface area (TPSA) is 108 Å². The first-order chi connectivity index (χ1) is 16.9. The summed E-state index contributed by atoms with van der Waals surface area (Å²) in [6.07, 6.45) is 1.90. The summed E-state index contributed by atoms with van der Waals surface area (Å²) in [6.45, 7) is 2.13. The minimum atomic E-state index is -1.11. The van der Waals surface area contributed by atoms with Crippen LogP contribution < -0.4 is 10.1 Å². The van der Waals surface area contributed by atoms with E-state index in [1.54, 1.807) is 42.5 Å². The van der Waals surface area contributed by atoms with Crippen LogP contribution >= 0.6 is 23.2 Å². The van der Waals surface area contributed by atoms with Gasteiger partial charge in [0.05, 0.1) is 17.2 Å². The van der Waals surface area contributed by atoms with Gasteiger partial charge in [0.1, 0.15) is 17.4 Å². The third kappa shape index (κ3) is 5.26. The molecule has 2 atom stereocenters. The summed E-state index contributed by atoms with van der Waals surface area (Å²) in [5, 5.41) is 28.6. The van der Waals surface area contributed by atoms with Gasteiger partial charge >= 0.3 is 0 Å². The molecule has 3 N–H and O–H groups in total. The van der Waals surface area contributed by atoms with Crippen molar-refractivity contribution in [2.45, 2.75) is 37.5 Å². The SMILES string of the molecule is O=C(N[C@H](CN1CCC1)[C@H](O)c1cccc(Cl)c1OC1CC1)/C(=N/O)c1cc2cc(Cl)ccc2o1. The number of fused-ring (bicyclic) bond motifs is 1. The fraction of sp³-hybridized carbons (Fsp3) is 0.360. The highest BCUT2D eigenvalue weighted by molar-refractivity contribution is 6.44. The molecule has 2 fully saturated rings. The van der Waals surface area contributed by atoms with Gasteiger partial charge in [-0.1, -0.05) is 40.5 Å². The molecule has 0 radical (unpaired) electrons. The fourth-order valence-corrected chi connectivity index (χ4v) is 4.50. The van der Waals surface area contributed by atoms with Crippen LogP contribution in [-0.4, -0.2) is 58.6 Å². The Morgan fingerprint density at radius 1 is 1.23 bits per heavy atom. The highest BCUT2D eigenvalue weighted by Crippen LogP contribution is 2.38. The molecular formula is C25H25Cl2N3O5. The van der Waals surface area contributed by atoms with Crippen LogP contribution in [0.15, 0.2) is 52.0 Å². The second-order valence-electron chi connectivity index (χ2n) is 8.90. The number of nitrogens with zero attached hydrogens (tertiary/aromatic N) is 2. The Morgan fingerprint density at radius 2 is 2.03 bits per heavy atom. The molecule has 8 nitrogen and oxygen atoms in total. The summed E-state index contributed by atoms with van der Waals surface area (Å²) in [4.78, 5) is 15.3.